The monoisotopic (exact) mass is 360 g/mol. The molecule has 1 atom stereocenters. The van der Waals surface area contributed by atoms with E-state index in [0.717, 1.165) is 30.7 Å². The summed E-state index contributed by atoms with van der Waals surface area (Å²) >= 11 is 0. The second-order valence-electron chi connectivity index (χ2n) is 7.00. The first-order valence-corrected chi connectivity index (χ1v) is 9.15. The molecule has 0 bridgehead atoms. The second-order valence-corrected chi connectivity index (χ2v) is 7.00. The molecular weight excluding hydrogens is 332 g/mol. The normalized spacial score (nSPS) is 19.6. The van der Waals surface area contributed by atoms with E-state index in [1.54, 1.807) is 26.2 Å². The first-order valence-electron chi connectivity index (χ1n) is 9.15. The Morgan fingerprint density at radius 3 is 2.65 bits per heavy atom. The summed E-state index contributed by atoms with van der Waals surface area (Å²) in [7, 11) is 5.06. The third-order valence-electron chi connectivity index (χ3n) is 5.37. The number of nitrogens with zero attached hydrogens (tertiary/aromatic N) is 2. The van der Waals surface area contributed by atoms with E-state index in [0.29, 0.717) is 30.8 Å². The van der Waals surface area contributed by atoms with Crippen LogP contribution in [0.3, 0.4) is 0 Å². The average Bonchev–Trinajstić information content (AvgIpc) is 2.65. The molecule has 6 nitrogen and oxygen atoms in total. The Morgan fingerprint density at radius 2 is 2.00 bits per heavy atom. The van der Waals surface area contributed by atoms with Crippen molar-refractivity contribution in [1.29, 1.82) is 0 Å². The van der Waals surface area contributed by atoms with Crippen molar-refractivity contribution in [2.24, 2.45) is 0 Å². The molecule has 6 heteroatoms. The van der Waals surface area contributed by atoms with Gasteiger partial charge in [0, 0.05) is 39.1 Å². The average molecular weight is 360 g/mol. The van der Waals surface area contributed by atoms with Crippen LogP contribution in [0, 0.1) is 0 Å². The van der Waals surface area contributed by atoms with Crippen LogP contribution >= 0.6 is 0 Å². The smallest absolute Gasteiger partial charge is 0.254 e. The van der Waals surface area contributed by atoms with Gasteiger partial charge in [0.05, 0.1) is 19.8 Å². The zero-order chi connectivity index (χ0) is 18.8. The van der Waals surface area contributed by atoms with Crippen LogP contribution in [0.1, 0.15) is 36.9 Å². The summed E-state index contributed by atoms with van der Waals surface area (Å²) < 4.78 is 10.9. The van der Waals surface area contributed by atoms with Gasteiger partial charge in [0.15, 0.2) is 11.5 Å². The lowest BCUT2D eigenvalue weighted by Crippen LogP contribution is -2.43. The number of amides is 1. The number of rotatable bonds is 5. The zero-order valence-electron chi connectivity index (χ0n) is 16.0. The van der Waals surface area contributed by atoms with Gasteiger partial charge in [-0.05, 0) is 36.1 Å². The van der Waals surface area contributed by atoms with Crippen molar-refractivity contribution < 1.29 is 19.4 Å². The van der Waals surface area contributed by atoms with E-state index >= 15 is 0 Å². The molecule has 1 N–H and O–H groups in total. The maximum Gasteiger partial charge on any atom is 0.254 e. The Bertz CT molecular complexity index is 729. The summed E-state index contributed by atoms with van der Waals surface area (Å²) in [5, 5.41) is 10.6. The number of hydrogen-bond donors (Lipinski definition) is 1. The number of carbonyl (C=O) groups excluding carboxylic acids is 1. The van der Waals surface area contributed by atoms with Crippen molar-refractivity contribution in [2.45, 2.75) is 32.2 Å². The molecule has 142 valence electrons. The minimum absolute atomic E-state index is 0.0617. The third kappa shape index (κ3) is 3.26. The van der Waals surface area contributed by atoms with Crippen molar-refractivity contribution in [3.63, 3.8) is 0 Å². The van der Waals surface area contributed by atoms with Gasteiger partial charge in [0.1, 0.15) is 5.76 Å². The van der Waals surface area contributed by atoms with Gasteiger partial charge in [-0.2, -0.15) is 0 Å². The molecule has 0 spiro atoms. The van der Waals surface area contributed by atoms with E-state index < -0.39 is 0 Å². The largest absolute Gasteiger partial charge is 0.512 e. The van der Waals surface area contributed by atoms with Crippen molar-refractivity contribution in [2.75, 3.05) is 40.9 Å². The molecule has 0 aromatic heterocycles. The summed E-state index contributed by atoms with van der Waals surface area (Å²) in [6.07, 6.45) is 2.24. The predicted octanol–water partition coefficient (Wildman–Crippen LogP) is 2.69. The molecular formula is C20H28N2O4. The highest BCUT2D eigenvalue weighted by molar-refractivity contribution is 5.94. The number of fused-ring (bicyclic) bond motifs is 3. The lowest BCUT2D eigenvalue weighted by molar-refractivity contribution is -0.126. The van der Waals surface area contributed by atoms with Crippen molar-refractivity contribution in [3.8, 4) is 11.5 Å². The summed E-state index contributed by atoms with van der Waals surface area (Å²) in [4.78, 5) is 16.6. The highest BCUT2D eigenvalue weighted by Crippen LogP contribution is 2.42. The maximum absolute atomic E-state index is 12.6. The molecule has 2 heterocycles. The van der Waals surface area contributed by atoms with Crippen LogP contribution < -0.4 is 9.47 Å². The lowest BCUT2D eigenvalue weighted by atomic mass is 9.86. The molecule has 2 aliphatic heterocycles. The number of ether oxygens (including phenoxy) is 2. The Kier molecular flexibility index (Phi) is 5.41. The second kappa shape index (κ2) is 7.58. The Balaban J connectivity index is 1.91. The lowest BCUT2D eigenvalue weighted by Gasteiger charge is -2.41. The van der Waals surface area contributed by atoms with Gasteiger partial charge in [-0.15, -0.1) is 0 Å². The Morgan fingerprint density at radius 1 is 1.31 bits per heavy atom. The highest BCUT2D eigenvalue weighted by Gasteiger charge is 2.36. The van der Waals surface area contributed by atoms with Gasteiger partial charge < -0.3 is 19.5 Å². The fourth-order valence-corrected chi connectivity index (χ4v) is 3.97. The molecule has 0 fully saturated rings. The van der Waals surface area contributed by atoms with E-state index in [9.17, 15) is 9.90 Å². The van der Waals surface area contributed by atoms with E-state index in [4.69, 9.17) is 9.47 Å². The van der Waals surface area contributed by atoms with Gasteiger partial charge in [-0.3, -0.25) is 9.69 Å². The molecule has 0 saturated carbocycles. The van der Waals surface area contributed by atoms with E-state index in [2.05, 4.69) is 4.90 Å². The molecule has 0 saturated heterocycles. The fourth-order valence-electron chi connectivity index (χ4n) is 3.97. The molecule has 0 radical (unpaired) electrons. The van der Waals surface area contributed by atoms with Gasteiger partial charge in [-0.25, -0.2) is 0 Å². The Hall–Kier alpha value is -2.21. The summed E-state index contributed by atoms with van der Waals surface area (Å²) in [6, 6.07) is 4.10. The molecule has 26 heavy (non-hydrogen) atoms. The number of benzene rings is 1. The number of methoxy groups -OCH3 is 2. The van der Waals surface area contributed by atoms with E-state index in [-0.39, 0.29) is 17.7 Å². The van der Waals surface area contributed by atoms with Crippen LogP contribution in [-0.2, 0) is 11.2 Å². The van der Waals surface area contributed by atoms with E-state index in [1.807, 2.05) is 19.1 Å². The molecule has 0 aliphatic carbocycles. The standard InChI is InChI=1S/C20H28N2O4/c1-5-7-21(2)20(24)15-12-22-8-6-13-9-18(25-3)19(26-4)10-14(13)16(22)11-17(15)23/h9-10,16,23H,5-8,11-12H2,1-4H3. The van der Waals surface area contributed by atoms with Crippen LogP contribution in [0.25, 0.3) is 0 Å². The first kappa shape index (κ1) is 18.6. The molecule has 1 aromatic carbocycles. The quantitative estimate of drug-likeness (QED) is 0.875. The fraction of sp³-hybridized carbons (Fsp3) is 0.550. The van der Waals surface area contributed by atoms with Gasteiger partial charge in [0.2, 0.25) is 0 Å². The Labute approximate surface area is 155 Å². The molecule has 3 rings (SSSR count). The zero-order valence-corrected chi connectivity index (χ0v) is 16.0. The van der Waals surface area contributed by atoms with Crippen LogP contribution in [0.4, 0.5) is 0 Å². The third-order valence-corrected chi connectivity index (χ3v) is 5.37. The number of likely N-dealkylation sites (N-methyl/N-ethyl adjacent to an activating group) is 1. The van der Waals surface area contributed by atoms with Crippen molar-refractivity contribution in [3.05, 3.63) is 34.6 Å². The number of aliphatic hydroxyl groups excluding tert-OH is 1. The molecule has 1 aromatic rings. The van der Waals surface area contributed by atoms with Gasteiger partial charge in [0.25, 0.3) is 5.91 Å². The van der Waals surface area contributed by atoms with Crippen LogP contribution in [0.15, 0.2) is 23.5 Å². The van der Waals surface area contributed by atoms with Crippen LogP contribution in [-0.4, -0.2) is 61.7 Å². The SMILES string of the molecule is CCCN(C)C(=O)C1=C(O)CC2c3cc(OC)c(OC)cc3CCN2C1. The molecule has 1 amide bonds. The summed E-state index contributed by atoms with van der Waals surface area (Å²) in [5.74, 6) is 1.57. The topological polar surface area (TPSA) is 62.2 Å². The van der Waals surface area contributed by atoms with Gasteiger partial charge in [-0.1, -0.05) is 6.92 Å². The van der Waals surface area contributed by atoms with Gasteiger partial charge >= 0.3 is 0 Å². The molecule has 2 aliphatic rings. The molecule has 1 unspecified atom stereocenters. The minimum atomic E-state index is -0.0686. The number of carbonyl (C=O) groups is 1. The predicted molar refractivity (Wildman–Crippen MR) is 99.8 cm³/mol. The van der Waals surface area contributed by atoms with E-state index in [1.165, 1.54) is 5.56 Å². The van der Waals surface area contributed by atoms with Crippen molar-refractivity contribution in [1.82, 2.24) is 9.80 Å². The summed E-state index contributed by atoms with van der Waals surface area (Å²) in [6.45, 7) is 4.07. The number of aliphatic hydroxyl groups is 1. The summed E-state index contributed by atoms with van der Waals surface area (Å²) in [5.41, 5.74) is 2.89. The highest BCUT2D eigenvalue weighted by atomic mass is 16.5. The minimum Gasteiger partial charge on any atom is -0.512 e. The maximum atomic E-state index is 12.6. The first-order chi connectivity index (χ1) is 12.5. The number of hydrogen-bond acceptors (Lipinski definition) is 5. The van der Waals surface area contributed by atoms with Crippen LogP contribution in [0.2, 0.25) is 0 Å². The van der Waals surface area contributed by atoms with Crippen LogP contribution in [0.5, 0.6) is 11.5 Å². The van der Waals surface area contributed by atoms with Crippen molar-refractivity contribution >= 4 is 5.91 Å².